The van der Waals surface area contributed by atoms with Crippen LogP contribution in [0.15, 0.2) is 85.1 Å². The third-order valence-electron chi connectivity index (χ3n) is 9.92. The molecule has 62 heavy (non-hydrogen) atoms. The van der Waals surface area contributed by atoms with Gasteiger partial charge in [-0.05, 0) is 70.6 Å². The summed E-state index contributed by atoms with van der Waals surface area (Å²) in [7, 11) is 5.94. The van der Waals surface area contributed by atoms with E-state index in [1.165, 1.54) is 44.9 Å². The molecule has 0 spiro atoms. The molecule has 2 unspecified atom stereocenters. The minimum absolute atomic E-state index is 0.180. The molecule has 0 rings (SSSR count). The maximum Gasteiger partial charge on any atom is 0.361 e. The van der Waals surface area contributed by atoms with Gasteiger partial charge in [-0.15, -0.1) is 0 Å². The Bertz CT molecular complexity index is 1290. The van der Waals surface area contributed by atoms with Crippen LogP contribution >= 0.6 is 0 Å². The molecule has 1 N–H and O–H groups in total. The Morgan fingerprint density at radius 2 is 0.919 bits per heavy atom. The van der Waals surface area contributed by atoms with E-state index in [9.17, 15) is 19.5 Å². The second kappa shape index (κ2) is 44.1. The zero-order valence-corrected chi connectivity index (χ0v) is 40.0. The van der Waals surface area contributed by atoms with Crippen LogP contribution in [0.5, 0.6) is 0 Å². The maximum atomic E-state index is 12.8. The Hall–Kier alpha value is -3.53. The molecular weight excluding hydrogens is 779 g/mol. The molecule has 0 aliphatic rings. The summed E-state index contributed by atoms with van der Waals surface area (Å²) in [5.74, 6) is -2.04. The molecule has 354 valence electrons. The summed E-state index contributed by atoms with van der Waals surface area (Å²) in [4.78, 5) is 37.1. The van der Waals surface area contributed by atoms with Crippen LogP contribution in [0.2, 0.25) is 0 Å². The first-order valence-electron chi connectivity index (χ1n) is 24.3. The van der Waals surface area contributed by atoms with Gasteiger partial charge in [0.15, 0.2) is 6.10 Å². The standard InChI is InChI=1S/C53H89NO8/c1-6-8-10-12-14-16-18-19-20-21-22-23-24-25-26-27-28-29-30-31-32-33-34-36-38-40-42-44-51(56)62-49(48-61-53(52(57)58)59-46-45-54(3,4)5)47-60-50(55)43-41-39-37-35-17-15-13-11-9-7-2/h8,10,14,16,19-20,22-23,25-26,28-29,31-32,49,53H,6-7,9,11-13,15,17-18,21,24,27,30,33-48H2,1-5H3/p+1/b10-8-,16-14-,20-19-,23-22-,26-25-,29-28-,32-31-. The molecule has 0 aromatic carbocycles. The first-order chi connectivity index (χ1) is 30.1. The smallest absolute Gasteiger partial charge is 0.361 e. The number of rotatable bonds is 43. The highest BCUT2D eigenvalue weighted by atomic mass is 16.7. The fraction of sp³-hybridized carbons (Fsp3) is 0.679. The molecule has 0 heterocycles. The van der Waals surface area contributed by atoms with Crippen LogP contribution in [0, 0.1) is 0 Å². The third kappa shape index (κ3) is 44.5. The van der Waals surface area contributed by atoms with E-state index in [1.54, 1.807) is 0 Å². The molecule has 0 aliphatic carbocycles. The number of aliphatic carboxylic acids is 1. The van der Waals surface area contributed by atoms with E-state index in [2.05, 4.69) is 98.9 Å². The van der Waals surface area contributed by atoms with Crippen molar-refractivity contribution in [2.75, 3.05) is 47.5 Å². The zero-order chi connectivity index (χ0) is 45.6. The van der Waals surface area contributed by atoms with Gasteiger partial charge in [-0.25, -0.2) is 4.79 Å². The van der Waals surface area contributed by atoms with E-state index in [-0.39, 0.29) is 32.2 Å². The molecule has 0 fully saturated rings. The van der Waals surface area contributed by atoms with Crippen molar-refractivity contribution in [2.45, 2.75) is 187 Å². The lowest BCUT2D eigenvalue weighted by Gasteiger charge is -2.25. The Morgan fingerprint density at radius 3 is 1.37 bits per heavy atom. The molecule has 9 nitrogen and oxygen atoms in total. The Balaban J connectivity index is 4.36. The summed E-state index contributed by atoms with van der Waals surface area (Å²) in [6.45, 7) is 4.70. The average Bonchev–Trinajstić information content (AvgIpc) is 3.23. The highest BCUT2D eigenvalue weighted by Gasteiger charge is 2.25. The summed E-state index contributed by atoms with van der Waals surface area (Å²) in [5, 5.41) is 9.64. The summed E-state index contributed by atoms with van der Waals surface area (Å²) >= 11 is 0. The SMILES string of the molecule is CC/C=C\C/C=C\C/C=C\C/C=C\C/C=C\C/C=C\C/C=C\CCCCCCCC(=O)OC(COC(=O)CCCCCCCCCCCC)COC(OCC[N+](C)(C)C)C(=O)O. The second-order valence-corrected chi connectivity index (χ2v) is 17.0. The van der Waals surface area contributed by atoms with Crippen LogP contribution in [0.25, 0.3) is 0 Å². The second-order valence-electron chi connectivity index (χ2n) is 17.0. The maximum absolute atomic E-state index is 12.8. The van der Waals surface area contributed by atoms with Crippen molar-refractivity contribution in [2.24, 2.45) is 0 Å². The zero-order valence-electron chi connectivity index (χ0n) is 40.0. The number of unbranched alkanes of at least 4 members (excludes halogenated alkanes) is 14. The number of quaternary nitrogens is 1. The molecular formula is C53H90NO8+. The number of likely N-dealkylation sites (N-methyl/N-ethyl adjacent to an activating group) is 1. The van der Waals surface area contributed by atoms with E-state index in [0.717, 1.165) is 96.3 Å². The van der Waals surface area contributed by atoms with Gasteiger partial charge in [-0.1, -0.05) is 176 Å². The van der Waals surface area contributed by atoms with Crippen molar-refractivity contribution in [1.29, 1.82) is 0 Å². The van der Waals surface area contributed by atoms with Crippen molar-refractivity contribution in [3.63, 3.8) is 0 Å². The third-order valence-corrected chi connectivity index (χ3v) is 9.92. The van der Waals surface area contributed by atoms with Gasteiger partial charge in [0, 0.05) is 12.8 Å². The van der Waals surface area contributed by atoms with Gasteiger partial charge < -0.3 is 28.5 Å². The van der Waals surface area contributed by atoms with Gasteiger partial charge in [0.1, 0.15) is 13.2 Å². The quantitative estimate of drug-likeness (QED) is 0.0212. The number of carbonyl (C=O) groups excluding carboxylic acids is 2. The number of carboxylic acids is 1. The minimum atomic E-state index is -1.52. The number of carbonyl (C=O) groups is 3. The molecule has 2 atom stereocenters. The Morgan fingerprint density at radius 1 is 0.500 bits per heavy atom. The summed E-state index contributed by atoms with van der Waals surface area (Å²) in [6.07, 6.45) is 53.6. The Labute approximate surface area is 379 Å². The van der Waals surface area contributed by atoms with E-state index in [1.807, 2.05) is 21.1 Å². The fourth-order valence-electron chi connectivity index (χ4n) is 6.17. The summed E-state index contributed by atoms with van der Waals surface area (Å²) in [5.41, 5.74) is 0. The van der Waals surface area contributed by atoms with Crippen LogP contribution in [-0.4, -0.2) is 87.4 Å². The van der Waals surface area contributed by atoms with E-state index >= 15 is 0 Å². The van der Waals surface area contributed by atoms with E-state index in [0.29, 0.717) is 23.9 Å². The average molecular weight is 869 g/mol. The highest BCUT2D eigenvalue weighted by Crippen LogP contribution is 2.13. The van der Waals surface area contributed by atoms with Crippen molar-refractivity contribution >= 4 is 17.9 Å². The van der Waals surface area contributed by atoms with Crippen LogP contribution in [0.3, 0.4) is 0 Å². The van der Waals surface area contributed by atoms with Gasteiger partial charge in [-0.3, -0.25) is 9.59 Å². The van der Waals surface area contributed by atoms with Crippen molar-refractivity contribution in [3.05, 3.63) is 85.1 Å². The van der Waals surface area contributed by atoms with Gasteiger partial charge in [0.2, 0.25) is 0 Å². The van der Waals surface area contributed by atoms with E-state index < -0.39 is 24.3 Å². The molecule has 0 amide bonds. The monoisotopic (exact) mass is 869 g/mol. The van der Waals surface area contributed by atoms with Crippen LogP contribution in [0.1, 0.15) is 174 Å². The molecule has 0 aromatic heterocycles. The molecule has 9 heteroatoms. The lowest BCUT2D eigenvalue weighted by atomic mass is 10.1. The molecule has 0 bridgehead atoms. The van der Waals surface area contributed by atoms with Crippen molar-refractivity contribution in [3.8, 4) is 0 Å². The summed E-state index contributed by atoms with van der Waals surface area (Å²) in [6, 6.07) is 0. The van der Waals surface area contributed by atoms with Crippen LogP contribution in [-0.2, 0) is 33.3 Å². The van der Waals surface area contributed by atoms with Gasteiger partial charge in [0.05, 0.1) is 34.4 Å². The first kappa shape index (κ1) is 58.5. The normalized spacial score (nSPS) is 13.6. The highest BCUT2D eigenvalue weighted by molar-refractivity contribution is 5.71. The lowest BCUT2D eigenvalue weighted by Crippen LogP contribution is -2.40. The van der Waals surface area contributed by atoms with Gasteiger partial charge >= 0.3 is 17.9 Å². The number of nitrogens with zero attached hydrogens (tertiary/aromatic N) is 1. The van der Waals surface area contributed by atoms with Crippen molar-refractivity contribution < 1.29 is 42.9 Å². The predicted octanol–water partition coefficient (Wildman–Crippen LogP) is 13.3. The molecule has 0 aromatic rings. The van der Waals surface area contributed by atoms with Crippen molar-refractivity contribution in [1.82, 2.24) is 0 Å². The number of hydrogen-bond acceptors (Lipinski definition) is 7. The fourth-order valence-corrected chi connectivity index (χ4v) is 6.17. The molecule has 0 aliphatic heterocycles. The lowest BCUT2D eigenvalue weighted by molar-refractivity contribution is -0.870. The van der Waals surface area contributed by atoms with Crippen LogP contribution < -0.4 is 0 Å². The number of hydrogen-bond donors (Lipinski definition) is 1. The molecule has 0 saturated heterocycles. The van der Waals surface area contributed by atoms with E-state index in [4.69, 9.17) is 18.9 Å². The number of ether oxygens (including phenoxy) is 4. The Kier molecular flexibility index (Phi) is 41.6. The van der Waals surface area contributed by atoms with Crippen LogP contribution in [0.4, 0.5) is 0 Å². The van der Waals surface area contributed by atoms with Gasteiger partial charge in [-0.2, -0.15) is 0 Å². The predicted molar refractivity (Wildman–Crippen MR) is 258 cm³/mol. The minimum Gasteiger partial charge on any atom is -0.477 e. The molecule has 0 radical (unpaired) electrons. The molecule has 0 saturated carbocycles. The number of allylic oxidation sites excluding steroid dienone is 14. The van der Waals surface area contributed by atoms with Gasteiger partial charge in [0.25, 0.3) is 6.29 Å². The number of carboxylic acid groups (broad SMARTS) is 1. The largest absolute Gasteiger partial charge is 0.477 e. The topological polar surface area (TPSA) is 108 Å². The number of esters is 2. The first-order valence-corrected chi connectivity index (χ1v) is 24.3. The summed E-state index contributed by atoms with van der Waals surface area (Å²) < 4.78 is 22.7.